The molecule has 0 unspecified atom stereocenters. The Labute approximate surface area is 144 Å². The topological polar surface area (TPSA) is 12.0 Å². The van der Waals surface area contributed by atoms with Gasteiger partial charge in [-0.05, 0) is 42.2 Å². The molecule has 0 fully saturated rings. The summed E-state index contributed by atoms with van der Waals surface area (Å²) in [5.41, 5.74) is 3.26. The number of rotatable bonds is 1. The Balaban J connectivity index is 1.86. The molecule has 2 aromatic rings. The van der Waals surface area contributed by atoms with Crippen LogP contribution in [0.3, 0.4) is 0 Å². The zero-order valence-electron chi connectivity index (χ0n) is 11.7. The van der Waals surface area contributed by atoms with Crippen LogP contribution in [0.15, 0.2) is 48.6 Å². The number of anilines is 1. The maximum atomic E-state index is 6.45. The van der Waals surface area contributed by atoms with Crippen LogP contribution in [0.5, 0.6) is 0 Å². The first-order valence-corrected chi connectivity index (χ1v) is 8.45. The second-order valence-electron chi connectivity index (χ2n) is 5.85. The second-order valence-corrected chi connectivity index (χ2v) is 7.10. The molecule has 4 rings (SSSR count). The van der Waals surface area contributed by atoms with Crippen LogP contribution in [0, 0.1) is 5.92 Å². The molecule has 1 aliphatic carbocycles. The van der Waals surface area contributed by atoms with Gasteiger partial charge in [-0.2, -0.15) is 0 Å². The first-order chi connectivity index (χ1) is 10.6. The molecule has 112 valence electrons. The maximum Gasteiger partial charge on any atom is 0.0641 e. The van der Waals surface area contributed by atoms with E-state index in [1.807, 2.05) is 30.3 Å². The normalized spacial score (nSPS) is 25.5. The third kappa shape index (κ3) is 2.23. The summed E-state index contributed by atoms with van der Waals surface area (Å²) in [5, 5.41) is 5.85. The van der Waals surface area contributed by atoms with Crippen molar-refractivity contribution in [2.75, 3.05) is 5.32 Å². The van der Waals surface area contributed by atoms with E-state index in [1.165, 1.54) is 5.56 Å². The highest BCUT2D eigenvalue weighted by molar-refractivity contribution is 6.36. The molecule has 1 aliphatic heterocycles. The molecule has 0 saturated carbocycles. The van der Waals surface area contributed by atoms with E-state index < -0.39 is 0 Å². The molecule has 22 heavy (non-hydrogen) atoms. The quantitative estimate of drug-likeness (QED) is 0.581. The minimum absolute atomic E-state index is 0.183. The fourth-order valence-electron chi connectivity index (χ4n) is 3.66. The molecule has 0 bridgehead atoms. The van der Waals surface area contributed by atoms with Crippen LogP contribution >= 0.6 is 34.8 Å². The van der Waals surface area contributed by atoms with Gasteiger partial charge < -0.3 is 5.32 Å². The van der Waals surface area contributed by atoms with Crippen LogP contribution in [0.25, 0.3) is 0 Å². The number of nitrogens with one attached hydrogen (secondary N) is 1. The van der Waals surface area contributed by atoms with Gasteiger partial charge >= 0.3 is 0 Å². The molecular formula is C18H14Cl3N. The van der Waals surface area contributed by atoms with E-state index in [4.69, 9.17) is 34.8 Å². The Kier molecular flexibility index (Phi) is 3.60. The molecule has 0 saturated heterocycles. The number of allylic oxidation sites excluding steroid dienone is 2. The van der Waals surface area contributed by atoms with Crippen molar-refractivity contribution in [3.63, 3.8) is 0 Å². The van der Waals surface area contributed by atoms with Gasteiger partial charge in [0.15, 0.2) is 0 Å². The maximum absolute atomic E-state index is 6.45. The van der Waals surface area contributed by atoms with E-state index in [2.05, 4.69) is 23.5 Å². The van der Waals surface area contributed by atoms with Gasteiger partial charge in [-0.15, -0.1) is 0 Å². The molecular weight excluding hydrogens is 337 g/mol. The van der Waals surface area contributed by atoms with Crippen molar-refractivity contribution >= 4 is 40.5 Å². The summed E-state index contributed by atoms with van der Waals surface area (Å²) in [4.78, 5) is 0. The summed E-state index contributed by atoms with van der Waals surface area (Å²) in [5.74, 6) is 0.730. The Morgan fingerprint density at radius 3 is 2.64 bits per heavy atom. The molecule has 0 amide bonds. The highest BCUT2D eigenvalue weighted by Gasteiger charge is 2.39. The van der Waals surface area contributed by atoms with Gasteiger partial charge in [0.1, 0.15) is 0 Å². The molecule has 0 spiro atoms. The highest BCUT2D eigenvalue weighted by Crippen LogP contribution is 2.53. The van der Waals surface area contributed by atoms with Gasteiger partial charge in [0, 0.05) is 21.5 Å². The first kappa shape index (κ1) is 14.4. The molecule has 3 atom stereocenters. The van der Waals surface area contributed by atoms with Crippen LogP contribution in [0.2, 0.25) is 15.1 Å². The lowest BCUT2D eigenvalue weighted by molar-refractivity contribution is 0.426. The summed E-state index contributed by atoms with van der Waals surface area (Å²) in [6.45, 7) is 0. The van der Waals surface area contributed by atoms with E-state index in [0.717, 1.165) is 27.7 Å². The van der Waals surface area contributed by atoms with Crippen molar-refractivity contribution < 1.29 is 0 Å². The Morgan fingerprint density at radius 1 is 1.00 bits per heavy atom. The minimum Gasteiger partial charge on any atom is -0.376 e. The average molecular weight is 351 g/mol. The van der Waals surface area contributed by atoms with E-state index in [9.17, 15) is 0 Å². The first-order valence-electron chi connectivity index (χ1n) is 7.31. The third-order valence-electron chi connectivity index (χ3n) is 4.62. The Hall–Kier alpha value is -1.15. The van der Waals surface area contributed by atoms with Gasteiger partial charge in [0.25, 0.3) is 0 Å². The number of hydrogen-bond donors (Lipinski definition) is 1. The van der Waals surface area contributed by atoms with Crippen LogP contribution in [-0.2, 0) is 0 Å². The molecule has 1 N–H and O–H groups in total. The lowest BCUT2D eigenvalue weighted by atomic mass is 9.77. The second kappa shape index (κ2) is 5.49. The molecule has 2 aliphatic rings. The standard InChI is InChI=1S/C18H14Cl3N/c19-11-4-1-3-10(9-11)17-13-6-2-5-12(13)16-14(20)7-8-15(21)18(16)22-17/h1-5,7-9,12-13,17,22H,6H2/t12-,13+,17+/m1/s1. The summed E-state index contributed by atoms with van der Waals surface area (Å²) in [6, 6.07) is 11.9. The molecule has 4 heteroatoms. The molecule has 1 heterocycles. The largest absolute Gasteiger partial charge is 0.376 e. The number of benzene rings is 2. The molecule has 0 radical (unpaired) electrons. The summed E-state index contributed by atoms with van der Waals surface area (Å²) < 4.78 is 0. The van der Waals surface area contributed by atoms with Crippen molar-refractivity contribution in [3.8, 4) is 0 Å². The van der Waals surface area contributed by atoms with Crippen molar-refractivity contribution in [2.45, 2.75) is 18.4 Å². The van der Waals surface area contributed by atoms with Crippen LogP contribution in [0.1, 0.15) is 29.5 Å². The zero-order valence-corrected chi connectivity index (χ0v) is 14.0. The Morgan fingerprint density at radius 2 is 1.82 bits per heavy atom. The molecule has 1 nitrogen and oxygen atoms in total. The monoisotopic (exact) mass is 349 g/mol. The van der Waals surface area contributed by atoms with Crippen molar-refractivity contribution in [2.24, 2.45) is 5.92 Å². The number of hydrogen-bond acceptors (Lipinski definition) is 1. The van der Waals surface area contributed by atoms with Gasteiger partial charge in [-0.25, -0.2) is 0 Å². The summed E-state index contributed by atoms with van der Waals surface area (Å²) >= 11 is 19.0. The van der Waals surface area contributed by atoms with Crippen molar-refractivity contribution in [3.05, 3.63) is 74.7 Å². The zero-order chi connectivity index (χ0) is 15.3. The third-order valence-corrected chi connectivity index (χ3v) is 5.50. The van der Waals surface area contributed by atoms with E-state index >= 15 is 0 Å². The number of halogens is 3. The Bertz CT molecular complexity index is 769. The lowest BCUT2D eigenvalue weighted by Crippen LogP contribution is -2.29. The molecule has 0 aromatic heterocycles. The van der Waals surface area contributed by atoms with Crippen molar-refractivity contribution in [1.82, 2.24) is 0 Å². The van der Waals surface area contributed by atoms with Gasteiger partial charge in [0.05, 0.1) is 16.8 Å². The highest BCUT2D eigenvalue weighted by atomic mass is 35.5. The SMILES string of the molecule is Clc1cccc([C@@H]2Nc3c(Cl)ccc(Cl)c3[C@@H]3C=CC[C@@H]32)c1. The van der Waals surface area contributed by atoms with Gasteiger partial charge in [-0.1, -0.05) is 59.1 Å². The predicted octanol–water partition coefficient (Wildman–Crippen LogP) is 6.47. The lowest BCUT2D eigenvalue weighted by Gasteiger charge is -2.38. The average Bonchev–Trinajstić information content (AvgIpc) is 2.99. The summed E-state index contributed by atoms with van der Waals surface area (Å²) in [7, 11) is 0. The molecule has 2 aromatic carbocycles. The van der Waals surface area contributed by atoms with Crippen molar-refractivity contribution in [1.29, 1.82) is 0 Å². The van der Waals surface area contributed by atoms with Gasteiger partial charge in [-0.3, -0.25) is 0 Å². The number of fused-ring (bicyclic) bond motifs is 3. The van der Waals surface area contributed by atoms with Crippen LogP contribution in [0.4, 0.5) is 5.69 Å². The van der Waals surface area contributed by atoms with Crippen LogP contribution in [-0.4, -0.2) is 0 Å². The predicted molar refractivity (Wildman–Crippen MR) is 94.3 cm³/mol. The fraction of sp³-hybridized carbons (Fsp3) is 0.222. The van der Waals surface area contributed by atoms with E-state index in [0.29, 0.717) is 16.9 Å². The van der Waals surface area contributed by atoms with Crippen LogP contribution < -0.4 is 5.32 Å². The summed E-state index contributed by atoms with van der Waals surface area (Å²) in [6.07, 6.45) is 5.52. The van der Waals surface area contributed by atoms with E-state index in [1.54, 1.807) is 0 Å². The fourth-order valence-corrected chi connectivity index (χ4v) is 4.36. The van der Waals surface area contributed by atoms with E-state index in [-0.39, 0.29) is 6.04 Å². The minimum atomic E-state index is 0.183. The smallest absolute Gasteiger partial charge is 0.0641 e. The van der Waals surface area contributed by atoms with Gasteiger partial charge in [0.2, 0.25) is 0 Å².